The van der Waals surface area contributed by atoms with E-state index in [1.807, 2.05) is 24.3 Å². The Kier molecular flexibility index (Phi) is 3.22. The van der Waals surface area contributed by atoms with E-state index in [-0.39, 0.29) is 11.4 Å². The number of hydrogen-bond donors (Lipinski definition) is 3. The van der Waals surface area contributed by atoms with Gasteiger partial charge in [0.05, 0.1) is 23.8 Å². The van der Waals surface area contributed by atoms with Crippen molar-refractivity contribution in [3.05, 3.63) is 42.4 Å². The number of benzene rings is 1. The van der Waals surface area contributed by atoms with E-state index in [4.69, 9.17) is 0 Å². The van der Waals surface area contributed by atoms with E-state index >= 15 is 0 Å². The monoisotopic (exact) mass is 296 g/mol. The average Bonchev–Trinajstić information content (AvgIpc) is 3.23. The van der Waals surface area contributed by atoms with Crippen molar-refractivity contribution in [2.75, 3.05) is 6.54 Å². The Labute approximate surface area is 129 Å². The van der Waals surface area contributed by atoms with Crippen LogP contribution in [0.2, 0.25) is 0 Å². The molecular formula is C17H20N4O. The maximum absolute atomic E-state index is 12.6. The molecule has 0 radical (unpaired) electrons. The number of imidazole rings is 1. The van der Waals surface area contributed by atoms with Crippen LogP contribution in [0.4, 0.5) is 0 Å². The van der Waals surface area contributed by atoms with Crippen LogP contribution in [0.25, 0.3) is 11.3 Å². The molecule has 4 rings (SSSR count). The Bertz CT molecular complexity index is 652. The van der Waals surface area contributed by atoms with E-state index in [1.54, 1.807) is 12.5 Å². The highest BCUT2D eigenvalue weighted by molar-refractivity contribution is 5.95. The van der Waals surface area contributed by atoms with E-state index in [2.05, 4.69) is 20.6 Å². The minimum Gasteiger partial charge on any atom is -0.345 e. The number of H-pyrrole nitrogens is 1. The molecule has 0 bridgehead atoms. The molecule has 1 aromatic heterocycles. The molecule has 114 valence electrons. The first-order chi connectivity index (χ1) is 10.8. The maximum Gasteiger partial charge on any atom is 0.251 e. The van der Waals surface area contributed by atoms with Crippen molar-refractivity contribution >= 4 is 5.91 Å². The van der Waals surface area contributed by atoms with Crippen molar-refractivity contribution in [3.8, 4) is 11.3 Å². The van der Waals surface area contributed by atoms with Crippen LogP contribution in [0.5, 0.6) is 0 Å². The second-order valence-electron chi connectivity index (χ2n) is 6.30. The van der Waals surface area contributed by atoms with Crippen molar-refractivity contribution in [2.24, 2.45) is 0 Å². The van der Waals surface area contributed by atoms with Gasteiger partial charge in [0.15, 0.2) is 0 Å². The summed E-state index contributed by atoms with van der Waals surface area (Å²) < 4.78 is 0. The lowest BCUT2D eigenvalue weighted by atomic mass is 9.92. The SMILES string of the molecule is O=C(NC12CCCC1NCC2)c1ccc(-c2cnc[nH]2)cc1. The highest BCUT2D eigenvalue weighted by atomic mass is 16.1. The number of amides is 1. The molecule has 2 unspecified atom stereocenters. The third-order valence-corrected chi connectivity index (χ3v) is 5.06. The van der Waals surface area contributed by atoms with Gasteiger partial charge in [-0.3, -0.25) is 4.79 Å². The average molecular weight is 296 g/mol. The molecule has 1 saturated carbocycles. The standard InChI is InChI=1S/C17H20N4O/c22-16(21-17-7-1-2-15(17)19-9-8-17)13-5-3-12(4-6-13)14-10-18-11-20-14/h3-6,10-11,15,19H,1-2,7-9H2,(H,18,20)(H,21,22). The first-order valence-electron chi connectivity index (χ1n) is 7.92. The van der Waals surface area contributed by atoms with E-state index in [0.717, 1.165) is 36.2 Å². The molecule has 2 atom stereocenters. The summed E-state index contributed by atoms with van der Waals surface area (Å²) in [5.74, 6) is 0.0340. The first kappa shape index (κ1) is 13.5. The Morgan fingerprint density at radius 2 is 2.14 bits per heavy atom. The van der Waals surface area contributed by atoms with Gasteiger partial charge in [-0.1, -0.05) is 12.1 Å². The first-order valence-corrected chi connectivity index (χ1v) is 7.92. The minimum atomic E-state index is -0.0286. The maximum atomic E-state index is 12.6. The zero-order valence-corrected chi connectivity index (χ0v) is 12.4. The second kappa shape index (κ2) is 5.25. The van der Waals surface area contributed by atoms with Crippen molar-refractivity contribution in [1.82, 2.24) is 20.6 Å². The van der Waals surface area contributed by atoms with Crippen LogP contribution in [0.1, 0.15) is 36.0 Å². The van der Waals surface area contributed by atoms with Gasteiger partial charge in [-0.15, -0.1) is 0 Å². The molecule has 2 heterocycles. The summed E-state index contributed by atoms with van der Waals surface area (Å²) in [6, 6.07) is 8.13. The van der Waals surface area contributed by atoms with Crippen molar-refractivity contribution < 1.29 is 4.79 Å². The van der Waals surface area contributed by atoms with Crippen molar-refractivity contribution in [3.63, 3.8) is 0 Å². The Morgan fingerprint density at radius 3 is 2.91 bits per heavy atom. The number of fused-ring (bicyclic) bond motifs is 1. The quantitative estimate of drug-likeness (QED) is 0.812. The molecule has 2 fully saturated rings. The summed E-state index contributed by atoms with van der Waals surface area (Å²) in [4.78, 5) is 19.7. The topological polar surface area (TPSA) is 69.8 Å². The number of rotatable bonds is 3. The van der Waals surface area contributed by atoms with Crippen LogP contribution < -0.4 is 10.6 Å². The molecule has 22 heavy (non-hydrogen) atoms. The van der Waals surface area contributed by atoms with Gasteiger partial charge in [0.2, 0.25) is 0 Å². The molecule has 3 N–H and O–H groups in total. The zero-order chi connectivity index (χ0) is 15.0. The summed E-state index contributed by atoms with van der Waals surface area (Å²) in [6.07, 6.45) is 7.91. The molecule has 5 heteroatoms. The lowest BCUT2D eigenvalue weighted by molar-refractivity contribution is 0.0898. The summed E-state index contributed by atoms with van der Waals surface area (Å²) >= 11 is 0. The lowest BCUT2D eigenvalue weighted by Crippen LogP contribution is -2.52. The number of nitrogens with zero attached hydrogens (tertiary/aromatic N) is 1. The molecule has 1 aliphatic heterocycles. The van der Waals surface area contributed by atoms with Crippen molar-refractivity contribution in [1.29, 1.82) is 0 Å². The van der Waals surface area contributed by atoms with Crippen LogP contribution in [-0.2, 0) is 0 Å². The Hall–Kier alpha value is -2.14. The number of nitrogens with one attached hydrogen (secondary N) is 3. The second-order valence-corrected chi connectivity index (χ2v) is 6.30. The van der Waals surface area contributed by atoms with Gasteiger partial charge < -0.3 is 15.6 Å². The summed E-state index contributed by atoms with van der Waals surface area (Å²) in [5.41, 5.74) is 2.68. The summed E-state index contributed by atoms with van der Waals surface area (Å²) in [5, 5.41) is 6.82. The molecule has 2 aliphatic rings. The molecule has 1 saturated heterocycles. The van der Waals surface area contributed by atoms with Crippen LogP contribution in [0, 0.1) is 0 Å². The Morgan fingerprint density at radius 1 is 1.27 bits per heavy atom. The van der Waals surface area contributed by atoms with E-state index < -0.39 is 0 Å². The van der Waals surface area contributed by atoms with Gasteiger partial charge in [-0.05, 0) is 49.9 Å². The number of aromatic amines is 1. The predicted octanol–water partition coefficient (Wildman–Crippen LogP) is 2.09. The van der Waals surface area contributed by atoms with E-state index in [0.29, 0.717) is 6.04 Å². The number of aromatic nitrogens is 2. The number of carbonyl (C=O) groups is 1. The van der Waals surface area contributed by atoms with Crippen LogP contribution in [-0.4, -0.2) is 34.0 Å². The molecule has 1 aliphatic carbocycles. The van der Waals surface area contributed by atoms with Gasteiger partial charge >= 0.3 is 0 Å². The highest BCUT2D eigenvalue weighted by Crippen LogP contribution is 2.36. The molecule has 0 spiro atoms. The number of carbonyl (C=O) groups excluding carboxylic acids is 1. The minimum absolute atomic E-state index is 0.0286. The van der Waals surface area contributed by atoms with Gasteiger partial charge in [0, 0.05) is 11.6 Å². The number of hydrogen-bond acceptors (Lipinski definition) is 3. The fraction of sp³-hybridized carbons (Fsp3) is 0.412. The van der Waals surface area contributed by atoms with E-state index in [9.17, 15) is 4.79 Å². The molecule has 2 aromatic rings. The fourth-order valence-corrected chi connectivity index (χ4v) is 3.86. The van der Waals surface area contributed by atoms with Gasteiger partial charge in [0.1, 0.15) is 0 Å². The van der Waals surface area contributed by atoms with Crippen LogP contribution in [0.3, 0.4) is 0 Å². The zero-order valence-electron chi connectivity index (χ0n) is 12.4. The third kappa shape index (κ3) is 2.22. The van der Waals surface area contributed by atoms with Crippen molar-refractivity contribution in [2.45, 2.75) is 37.3 Å². The van der Waals surface area contributed by atoms with Crippen LogP contribution in [0.15, 0.2) is 36.8 Å². The lowest BCUT2D eigenvalue weighted by Gasteiger charge is -2.30. The van der Waals surface area contributed by atoms with Gasteiger partial charge in [-0.25, -0.2) is 4.98 Å². The fourth-order valence-electron chi connectivity index (χ4n) is 3.86. The highest BCUT2D eigenvalue weighted by Gasteiger charge is 2.47. The Balaban J connectivity index is 1.51. The van der Waals surface area contributed by atoms with Gasteiger partial charge in [-0.2, -0.15) is 0 Å². The third-order valence-electron chi connectivity index (χ3n) is 5.06. The summed E-state index contributed by atoms with van der Waals surface area (Å²) in [6.45, 7) is 1.00. The molecular weight excluding hydrogens is 276 g/mol. The molecule has 1 aromatic carbocycles. The normalized spacial score (nSPS) is 26.8. The van der Waals surface area contributed by atoms with Crippen LogP contribution >= 0.6 is 0 Å². The summed E-state index contributed by atoms with van der Waals surface area (Å²) in [7, 11) is 0. The predicted molar refractivity (Wildman–Crippen MR) is 84.5 cm³/mol. The molecule has 1 amide bonds. The smallest absolute Gasteiger partial charge is 0.251 e. The molecule has 5 nitrogen and oxygen atoms in total. The largest absolute Gasteiger partial charge is 0.345 e. The van der Waals surface area contributed by atoms with E-state index in [1.165, 1.54) is 12.8 Å². The van der Waals surface area contributed by atoms with Gasteiger partial charge in [0.25, 0.3) is 5.91 Å².